The smallest absolute Gasteiger partial charge is 0.246 e. The van der Waals surface area contributed by atoms with Crippen LogP contribution in [0.2, 0.25) is 0 Å². The van der Waals surface area contributed by atoms with Crippen LogP contribution in [-0.2, 0) is 5.54 Å². The van der Waals surface area contributed by atoms with Gasteiger partial charge in [0, 0.05) is 5.56 Å². The summed E-state index contributed by atoms with van der Waals surface area (Å²) in [7, 11) is 0. The number of benzene rings is 1. The van der Waals surface area contributed by atoms with E-state index in [1.165, 1.54) is 6.07 Å². The second-order valence-electron chi connectivity index (χ2n) is 5.27. The number of nitrogens with one attached hydrogen (secondary N) is 1. The highest BCUT2D eigenvalue weighted by Crippen LogP contribution is 2.30. The van der Waals surface area contributed by atoms with Gasteiger partial charge in [-0.05, 0) is 50.9 Å². The van der Waals surface area contributed by atoms with Gasteiger partial charge in [0.25, 0.3) is 0 Å². The van der Waals surface area contributed by atoms with Crippen LogP contribution in [0.15, 0.2) is 22.7 Å². The van der Waals surface area contributed by atoms with E-state index < -0.39 is 11.6 Å². The highest BCUT2D eigenvalue weighted by Gasteiger charge is 2.34. The van der Waals surface area contributed by atoms with Gasteiger partial charge >= 0.3 is 0 Å². The highest BCUT2D eigenvalue weighted by molar-refractivity contribution is 5.85. The summed E-state index contributed by atoms with van der Waals surface area (Å²) in [6, 6.07) is 3.56. The Bertz CT molecular complexity index is 626. The summed E-state index contributed by atoms with van der Waals surface area (Å²) >= 11 is 0. The number of aromatic nitrogens is 2. The van der Waals surface area contributed by atoms with Crippen molar-refractivity contribution in [3.8, 4) is 11.4 Å². The van der Waals surface area contributed by atoms with Gasteiger partial charge in [-0.25, -0.2) is 8.78 Å². The zero-order valence-electron chi connectivity index (χ0n) is 11.5. The molecule has 4 nitrogen and oxygen atoms in total. The van der Waals surface area contributed by atoms with Gasteiger partial charge in [0.15, 0.2) is 11.6 Å². The molecule has 1 N–H and O–H groups in total. The fourth-order valence-corrected chi connectivity index (χ4v) is 2.44. The van der Waals surface area contributed by atoms with E-state index in [9.17, 15) is 8.78 Å². The first-order valence-corrected chi connectivity index (χ1v) is 6.63. The topological polar surface area (TPSA) is 51.0 Å². The first-order chi connectivity index (χ1) is 9.58. The summed E-state index contributed by atoms with van der Waals surface area (Å²) in [6.07, 6.45) is 3.12. The summed E-state index contributed by atoms with van der Waals surface area (Å²) in [4.78, 5) is 4.32. The third-order valence-corrected chi connectivity index (χ3v) is 3.69. The second-order valence-corrected chi connectivity index (χ2v) is 5.27. The normalized spacial score (nSPS) is 21.9. The first-order valence-electron chi connectivity index (χ1n) is 6.63. The zero-order valence-corrected chi connectivity index (χ0v) is 12.3. The molecule has 0 radical (unpaired) electrons. The Morgan fingerprint density at radius 2 is 2.05 bits per heavy atom. The van der Waals surface area contributed by atoms with E-state index in [2.05, 4.69) is 15.5 Å². The third kappa shape index (κ3) is 3.06. The lowest BCUT2D eigenvalue weighted by atomic mass is 9.91. The van der Waals surface area contributed by atoms with Crippen molar-refractivity contribution in [2.75, 3.05) is 6.54 Å². The van der Waals surface area contributed by atoms with Crippen molar-refractivity contribution in [2.24, 2.45) is 0 Å². The summed E-state index contributed by atoms with van der Waals surface area (Å²) in [5.74, 6) is -1.06. The van der Waals surface area contributed by atoms with Gasteiger partial charge in [-0.2, -0.15) is 4.98 Å². The van der Waals surface area contributed by atoms with Gasteiger partial charge in [-0.1, -0.05) is 5.16 Å². The molecule has 1 fully saturated rings. The van der Waals surface area contributed by atoms with Gasteiger partial charge in [0.1, 0.15) is 0 Å². The summed E-state index contributed by atoms with van der Waals surface area (Å²) in [6.45, 7) is 2.91. The molecule has 21 heavy (non-hydrogen) atoms. The second kappa shape index (κ2) is 6.07. The highest BCUT2D eigenvalue weighted by atomic mass is 35.5. The van der Waals surface area contributed by atoms with Gasteiger partial charge in [0.2, 0.25) is 11.7 Å². The monoisotopic (exact) mass is 315 g/mol. The molecule has 1 saturated heterocycles. The Balaban J connectivity index is 0.00000161. The van der Waals surface area contributed by atoms with Crippen LogP contribution in [0.1, 0.15) is 32.1 Å². The van der Waals surface area contributed by atoms with Crippen molar-refractivity contribution >= 4 is 12.4 Å². The molecule has 1 aliphatic rings. The molecule has 1 aromatic heterocycles. The van der Waals surface area contributed by atoms with Crippen LogP contribution in [-0.4, -0.2) is 16.7 Å². The molecule has 1 unspecified atom stereocenters. The Kier molecular flexibility index (Phi) is 4.58. The quantitative estimate of drug-likeness (QED) is 0.922. The predicted molar refractivity (Wildman–Crippen MR) is 76.1 cm³/mol. The molecule has 3 rings (SSSR count). The lowest BCUT2D eigenvalue weighted by Crippen LogP contribution is -2.43. The molecule has 0 bridgehead atoms. The molecule has 0 aliphatic carbocycles. The van der Waals surface area contributed by atoms with Crippen LogP contribution < -0.4 is 5.32 Å². The molecule has 0 spiro atoms. The Labute approximate surface area is 127 Å². The molecule has 0 amide bonds. The van der Waals surface area contributed by atoms with Gasteiger partial charge in [0.05, 0.1) is 5.54 Å². The average molecular weight is 316 g/mol. The van der Waals surface area contributed by atoms with Crippen LogP contribution in [0.5, 0.6) is 0 Å². The first kappa shape index (κ1) is 15.9. The maximum atomic E-state index is 13.2. The van der Waals surface area contributed by atoms with E-state index in [0.29, 0.717) is 11.5 Å². The standard InChI is InChI=1S/C14H15F2N3O.ClH/c1-14(6-2-3-7-17-14)13-18-12(19-20-13)9-4-5-10(15)11(16)8-9;/h4-5,8,17H,2-3,6-7H2,1H3;1H. The molecule has 0 saturated carbocycles. The van der Waals surface area contributed by atoms with E-state index >= 15 is 0 Å². The van der Waals surface area contributed by atoms with Gasteiger partial charge in [-0.15, -0.1) is 12.4 Å². The van der Waals surface area contributed by atoms with Crippen molar-refractivity contribution in [3.63, 3.8) is 0 Å². The number of piperidine rings is 1. The number of nitrogens with zero attached hydrogens (tertiary/aromatic N) is 2. The summed E-state index contributed by atoms with van der Waals surface area (Å²) < 4.78 is 31.4. The minimum Gasteiger partial charge on any atom is -0.337 e. The molecule has 1 aromatic carbocycles. The lowest BCUT2D eigenvalue weighted by molar-refractivity contribution is 0.207. The van der Waals surface area contributed by atoms with Crippen LogP contribution in [0.25, 0.3) is 11.4 Å². The Hall–Kier alpha value is -1.53. The van der Waals surface area contributed by atoms with Crippen molar-refractivity contribution in [2.45, 2.75) is 31.7 Å². The molecule has 114 valence electrons. The zero-order chi connectivity index (χ0) is 14.2. The molecular weight excluding hydrogens is 300 g/mol. The molecule has 7 heteroatoms. The molecule has 2 aromatic rings. The molecule has 1 aliphatic heterocycles. The van der Waals surface area contributed by atoms with E-state index in [1.54, 1.807) is 0 Å². The maximum Gasteiger partial charge on any atom is 0.246 e. The van der Waals surface area contributed by atoms with Crippen LogP contribution in [0, 0.1) is 11.6 Å². The predicted octanol–water partition coefficient (Wildman–Crippen LogP) is 3.43. The Morgan fingerprint density at radius 3 is 2.71 bits per heavy atom. The molecule has 2 heterocycles. The molecule has 1 atom stereocenters. The van der Waals surface area contributed by atoms with Crippen LogP contribution in [0.4, 0.5) is 8.78 Å². The fourth-order valence-electron chi connectivity index (χ4n) is 2.44. The van der Waals surface area contributed by atoms with Gasteiger partial charge in [-0.3, -0.25) is 0 Å². The Morgan fingerprint density at radius 1 is 1.24 bits per heavy atom. The minimum atomic E-state index is -0.921. The SMILES string of the molecule is CC1(c2nc(-c3ccc(F)c(F)c3)no2)CCCCN1.Cl. The third-order valence-electron chi connectivity index (χ3n) is 3.69. The minimum absolute atomic E-state index is 0. The van der Waals surface area contributed by atoms with Gasteiger partial charge < -0.3 is 9.84 Å². The van der Waals surface area contributed by atoms with Crippen molar-refractivity contribution < 1.29 is 13.3 Å². The van der Waals surface area contributed by atoms with Crippen molar-refractivity contribution in [1.82, 2.24) is 15.5 Å². The number of hydrogen-bond donors (Lipinski definition) is 1. The fraction of sp³-hybridized carbons (Fsp3) is 0.429. The van der Waals surface area contributed by atoms with Crippen molar-refractivity contribution in [1.29, 1.82) is 0 Å². The molecular formula is C14H16ClF2N3O. The number of halogens is 3. The van der Waals surface area contributed by atoms with E-state index in [1.807, 2.05) is 6.92 Å². The number of hydrogen-bond acceptors (Lipinski definition) is 4. The largest absolute Gasteiger partial charge is 0.337 e. The lowest BCUT2D eigenvalue weighted by Gasteiger charge is -2.31. The van der Waals surface area contributed by atoms with E-state index in [-0.39, 0.29) is 23.8 Å². The maximum absolute atomic E-state index is 13.2. The summed E-state index contributed by atoms with van der Waals surface area (Å²) in [5, 5.41) is 7.23. The van der Waals surface area contributed by atoms with Crippen molar-refractivity contribution in [3.05, 3.63) is 35.7 Å². The number of rotatable bonds is 2. The van der Waals surface area contributed by atoms with Crippen LogP contribution in [0.3, 0.4) is 0 Å². The summed E-state index contributed by atoms with van der Waals surface area (Å²) in [5.41, 5.74) is 0.0560. The average Bonchev–Trinajstić information content (AvgIpc) is 2.93. The van der Waals surface area contributed by atoms with E-state index in [4.69, 9.17) is 4.52 Å². The van der Waals surface area contributed by atoms with Crippen LogP contribution >= 0.6 is 12.4 Å². The van der Waals surface area contributed by atoms with E-state index in [0.717, 1.165) is 37.9 Å².